The Morgan fingerprint density at radius 2 is 1.85 bits per heavy atom. The second-order valence-corrected chi connectivity index (χ2v) is 5.27. The van der Waals surface area contributed by atoms with E-state index in [1.165, 1.54) is 0 Å². The van der Waals surface area contributed by atoms with Crippen molar-refractivity contribution in [2.75, 3.05) is 6.61 Å². The molecule has 0 unspecified atom stereocenters. The summed E-state index contributed by atoms with van der Waals surface area (Å²) >= 11 is 0. The van der Waals surface area contributed by atoms with Crippen LogP contribution in [0.1, 0.15) is 40.2 Å². The Bertz CT molecular complexity index is 473. The molecule has 0 saturated carbocycles. The van der Waals surface area contributed by atoms with E-state index < -0.39 is 11.7 Å². The second-order valence-electron chi connectivity index (χ2n) is 5.27. The molecule has 0 fully saturated rings. The van der Waals surface area contributed by atoms with Gasteiger partial charge in [0, 0.05) is 0 Å². The fraction of sp³-hybridized carbons (Fsp3) is 0.467. The number of carbonyl (C=O) groups is 1. The summed E-state index contributed by atoms with van der Waals surface area (Å²) in [6, 6.07) is 7.51. The van der Waals surface area contributed by atoms with E-state index in [9.17, 15) is 4.79 Å². The quantitative estimate of drug-likeness (QED) is 0.678. The number of benzene rings is 1. The van der Waals surface area contributed by atoms with Crippen LogP contribution in [0.2, 0.25) is 0 Å². The van der Waals surface area contributed by atoms with Crippen LogP contribution in [0.4, 0.5) is 4.79 Å². The molecule has 0 aliphatic rings. The molecular weight excluding hydrogens is 256 g/mol. The third kappa shape index (κ3) is 5.73. The highest BCUT2D eigenvalue weighted by molar-refractivity contribution is 5.99. The van der Waals surface area contributed by atoms with E-state index in [0.29, 0.717) is 12.3 Å². The highest BCUT2D eigenvalue weighted by Gasteiger charge is 2.15. The largest absolute Gasteiger partial charge is 0.494 e. The fourth-order valence-corrected chi connectivity index (χ4v) is 1.45. The molecule has 0 saturated heterocycles. The number of carbonyl (C=O) groups excluding carboxylic acids is 1. The maximum absolute atomic E-state index is 11.5. The maximum Gasteiger partial charge on any atom is 0.428 e. The lowest BCUT2D eigenvalue weighted by Crippen LogP contribution is -2.30. The zero-order valence-corrected chi connectivity index (χ0v) is 12.7. The number of nitrogens with zero attached hydrogens (tertiary/aromatic N) is 1. The average molecular weight is 278 g/mol. The van der Waals surface area contributed by atoms with Crippen molar-refractivity contribution in [1.82, 2.24) is 5.43 Å². The minimum Gasteiger partial charge on any atom is -0.494 e. The Labute approximate surface area is 120 Å². The van der Waals surface area contributed by atoms with Crippen molar-refractivity contribution in [3.63, 3.8) is 0 Å². The molecule has 20 heavy (non-hydrogen) atoms. The van der Waals surface area contributed by atoms with Gasteiger partial charge in [0.2, 0.25) is 0 Å². The Kier molecular flexibility index (Phi) is 5.55. The number of amides is 1. The van der Waals surface area contributed by atoms with Gasteiger partial charge < -0.3 is 9.47 Å². The molecule has 1 aromatic rings. The van der Waals surface area contributed by atoms with E-state index in [1.807, 2.05) is 38.1 Å². The Morgan fingerprint density at radius 3 is 2.35 bits per heavy atom. The average Bonchev–Trinajstić information content (AvgIpc) is 2.35. The molecular formula is C15H22N2O3. The maximum atomic E-state index is 11.5. The monoisotopic (exact) mass is 278 g/mol. The molecule has 1 N–H and O–H groups in total. The summed E-state index contributed by atoms with van der Waals surface area (Å²) in [6.07, 6.45) is -0.567. The lowest BCUT2D eigenvalue weighted by molar-refractivity contribution is 0.0529. The molecule has 1 rings (SSSR count). The number of nitrogens with one attached hydrogen (secondary N) is 1. The van der Waals surface area contributed by atoms with Gasteiger partial charge >= 0.3 is 6.09 Å². The Morgan fingerprint density at radius 1 is 1.25 bits per heavy atom. The number of hydrogen-bond donors (Lipinski definition) is 1. The van der Waals surface area contributed by atoms with Crippen LogP contribution < -0.4 is 10.2 Å². The number of hydrogen-bond acceptors (Lipinski definition) is 4. The van der Waals surface area contributed by atoms with Crippen molar-refractivity contribution in [3.05, 3.63) is 29.8 Å². The van der Waals surface area contributed by atoms with Gasteiger partial charge in [-0.25, -0.2) is 10.2 Å². The molecule has 1 amide bonds. The summed E-state index contributed by atoms with van der Waals surface area (Å²) in [7, 11) is 0. The van der Waals surface area contributed by atoms with Crippen molar-refractivity contribution in [1.29, 1.82) is 0 Å². The number of rotatable bonds is 4. The van der Waals surface area contributed by atoms with Crippen LogP contribution in [-0.2, 0) is 4.74 Å². The predicted molar refractivity (Wildman–Crippen MR) is 79.2 cm³/mol. The predicted octanol–water partition coefficient (Wildman–Crippen LogP) is 3.33. The second kappa shape index (κ2) is 6.93. The summed E-state index contributed by atoms with van der Waals surface area (Å²) in [5, 5.41) is 4.01. The van der Waals surface area contributed by atoms with E-state index in [-0.39, 0.29) is 0 Å². The van der Waals surface area contributed by atoms with Crippen molar-refractivity contribution >= 4 is 11.8 Å². The van der Waals surface area contributed by atoms with Gasteiger partial charge in [-0.05, 0) is 64.4 Å². The molecule has 0 atom stereocenters. The topological polar surface area (TPSA) is 59.9 Å². The van der Waals surface area contributed by atoms with E-state index in [2.05, 4.69) is 10.5 Å². The highest BCUT2D eigenvalue weighted by Crippen LogP contribution is 2.12. The smallest absolute Gasteiger partial charge is 0.428 e. The van der Waals surface area contributed by atoms with Gasteiger partial charge in [-0.15, -0.1) is 0 Å². The normalized spacial score (nSPS) is 11.9. The third-order valence-corrected chi connectivity index (χ3v) is 2.30. The first kappa shape index (κ1) is 16.0. The molecule has 0 aliphatic carbocycles. The van der Waals surface area contributed by atoms with Crippen molar-refractivity contribution in [2.24, 2.45) is 5.10 Å². The fourth-order valence-electron chi connectivity index (χ4n) is 1.45. The first-order valence-electron chi connectivity index (χ1n) is 6.58. The molecule has 0 heterocycles. The minimum absolute atomic E-state index is 0.535. The summed E-state index contributed by atoms with van der Waals surface area (Å²) in [4.78, 5) is 11.5. The van der Waals surface area contributed by atoms with Crippen molar-refractivity contribution in [2.45, 2.75) is 40.2 Å². The SMILES string of the molecule is CCOc1ccc(/C(C)=N/NC(=O)OC(C)(C)C)cc1. The van der Waals surface area contributed by atoms with Gasteiger partial charge in [0.15, 0.2) is 0 Å². The van der Waals surface area contributed by atoms with Crippen molar-refractivity contribution < 1.29 is 14.3 Å². The standard InChI is InChI=1S/C15H22N2O3/c1-6-19-13-9-7-12(8-10-13)11(2)16-17-14(18)20-15(3,4)5/h7-10H,6H2,1-5H3,(H,17,18)/b16-11+. The first-order chi connectivity index (χ1) is 9.31. The summed E-state index contributed by atoms with van der Waals surface area (Å²) < 4.78 is 10.5. The lowest BCUT2D eigenvalue weighted by Gasteiger charge is -2.18. The molecule has 5 nitrogen and oxygen atoms in total. The lowest BCUT2D eigenvalue weighted by atomic mass is 10.1. The Balaban J connectivity index is 2.62. The zero-order chi connectivity index (χ0) is 15.2. The van der Waals surface area contributed by atoms with Crippen LogP contribution in [0.25, 0.3) is 0 Å². The van der Waals surface area contributed by atoms with Crippen LogP contribution in [0.15, 0.2) is 29.4 Å². The van der Waals surface area contributed by atoms with Gasteiger partial charge in [0.1, 0.15) is 11.4 Å². The molecule has 0 aromatic heterocycles. The van der Waals surface area contributed by atoms with Gasteiger partial charge in [-0.1, -0.05) is 0 Å². The van der Waals surface area contributed by atoms with Gasteiger partial charge in [-0.3, -0.25) is 0 Å². The van der Waals surface area contributed by atoms with Crippen molar-refractivity contribution in [3.8, 4) is 5.75 Å². The van der Waals surface area contributed by atoms with Crippen LogP contribution >= 0.6 is 0 Å². The third-order valence-electron chi connectivity index (χ3n) is 2.30. The van der Waals surface area contributed by atoms with E-state index in [0.717, 1.165) is 11.3 Å². The summed E-state index contributed by atoms with van der Waals surface area (Å²) in [5.41, 5.74) is 3.44. The molecule has 0 aliphatic heterocycles. The Hall–Kier alpha value is -2.04. The van der Waals surface area contributed by atoms with E-state index >= 15 is 0 Å². The number of ether oxygens (including phenoxy) is 2. The summed E-state index contributed by atoms with van der Waals surface area (Å²) in [5.74, 6) is 0.809. The van der Waals surface area contributed by atoms with Crippen LogP contribution in [0.3, 0.4) is 0 Å². The van der Waals surface area contributed by atoms with Gasteiger partial charge in [0.25, 0.3) is 0 Å². The molecule has 1 aromatic carbocycles. The van der Waals surface area contributed by atoms with Crippen LogP contribution in [0.5, 0.6) is 5.75 Å². The van der Waals surface area contributed by atoms with Gasteiger partial charge in [-0.2, -0.15) is 5.10 Å². The van der Waals surface area contributed by atoms with E-state index in [4.69, 9.17) is 9.47 Å². The molecule has 5 heteroatoms. The zero-order valence-electron chi connectivity index (χ0n) is 12.7. The van der Waals surface area contributed by atoms with Gasteiger partial charge in [0.05, 0.1) is 12.3 Å². The van der Waals surface area contributed by atoms with Crippen LogP contribution in [0, 0.1) is 0 Å². The molecule has 0 bridgehead atoms. The highest BCUT2D eigenvalue weighted by atomic mass is 16.6. The first-order valence-corrected chi connectivity index (χ1v) is 6.58. The molecule has 0 spiro atoms. The molecule has 0 radical (unpaired) electrons. The van der Waals surface area contributed by atoms with Crippen LogP contribution in [-0.4, -0.2) is 24.0 Å². The minimum atomic E-state index is -0.567. The number of hydrazone groups is 1. The summed E-state index contributed by atoms with van der Waals surface area (Å²) in [6.45, 7) is 9.78. The van der Waals surface area contributed by atoms with E-state index in [1.54, 1.807) is 20.8 Å². The molecule has 110 valence electrons.